The van der Waals surface area contributed by atoms with Gasteiger partial charge in [0.15, 0.2) is 25.2 Å². The first-order chi connectivity index (χ1) is 21.3. The van der Waals surface area contributed by atoms with Gasteiger partial charge in [0.2, 0.25) is 0 Å². The van der Waals surface area contributed by atoms with Crippen LogP contribution in [-0.4, -0.2) is 221 Å². The van der Waals surface area contributed by atoms with E-state index in [0.29, 0.717) is 0 Å². The van der Waals surface area contributed by atoms with E-state index >= 15 is 0 Å². The summed E-state index contributed by atoms with van der Waals surface area (Å²) < 4.78 is 37.8. The second kappa shape index (κ2) is 15.6. The van der Waals surface area contributed by atoms with E-state index in [1.807, 2.05) is 0 Å². The molecule has 0 amide bonds. The Morgan fingerprint density at radius 3 is 0.889 bits per heavy atom. The lowest BCUT2D eigenvalue weighted by atomic mass is 9.96. The van der Waals surface area contributed by atoms with Crippen molar-refractivity contribution in [2.24, 2.45) is 0 Å². The fourth-order valence-corrected chi connectivity index (χ4v) is 5.47. The van der Waals surface area contributed by atoms with E-state index in [9.17, 15) is 71.5 Å². The van der Waals surface area contributed by atoms with Crippen LogP contribution in [0.3, 0.4) is 0 Å². The first kappa shape index (κ1) is 37.0. The number of rotatable bonds is 10. The third kappa shape index (κ3) is 7.44. The van der Waals surface area contributed by atoms with Crippen LogP contribution in [0, 0.1) is 0 Å². The maximum Gasteiger partial charge on any atom is 0.189 e. The van der Waals surface area contributed by atoms with Crippen molar-refractivity contribution in [3.05, 3.63) is 0 Å². The molecule has 14 N–H and O–H groups in total. The molecular weight excluding hydrogens is 624 g/mol. The quantitative estimate of drug-likeness (QED) is 0.103. The second-order valence-corrected chi connectivity index (χ2v) is 11.1. The Kier molecular flexibility index (Phi) is 12.8. The summed E-state index contributed by atoms with van der Waals surface area (Å²) in [6.45, 7) is -3.36. The molecule has 0 radical (unpaired) electrons. The molecule has 4 fully saturated rings. The number of ether oxygens (including phenoxy) is 7. The Bertz CT molecular complexity index is 910. The first-order valence-corrected chi connectivity index (χ1v) is 14.1. The molecule has 4 aliphatic rings. The SMILES string of the molecule is OC[C@H]1O[C@H](O[C@H]2O[C@H](CO)[C@@H](O[C@H]3O[C@H](CO)[C@@H](O[C@H]4O[C@H](CO)[C@@H](O)[C@H](O)[C@H]4O)[C@@H](O)[C@@H]3O)[C@H](O)[C@H]2O)[C@H](O)[C@@H](O)[C@@H]1O. The Labute approximate surface area is 254 Å². The van der Waals surface area contributed by atoms with E-state index in [0.717, 1.165) is 0 Å². The molecule has 0 aliphatic carbocycles. The molecular formula is C24H42O21. The summed E-state index contributed by atoms with van der Waals surface area (Å²) in [7, 11) is 0. The van der Waals surface area contributed by atoms with Gasteiger partial charge >= 0.3 is 0 Å². The molecule has 4 heterocycles. The summed E-state index contributed by atoms with van der Waals surface area (Å²) in [5.74, 6) is 0. The minimum Gasteiger partial charge on any atom is -0.394 e. The maximum atomic E-state index is 10.8. The van der Waals surface area contributed by atoms with Crippen LogP contribution >= 0.6 is 0 Å². The molecule has 4 aliphatic heterocycles. The van der Waals surface area contributed by atoms with Crippen LogP contribution < -0.4 is 0 Å². The summed E-state index contributed by atoms with van der Waals surface area (Å²) in [4.78, 5) is 0. The molecule has 45 heavy (non-hydrogen) atoms. The van der Waals surface area contributed by atoms with Crippen molar-refractivity contribution in [1.29, 1.82) is 0 Å². The highest BCUT2D eigenvalue weighted by molar-refractivity contribution is 4.97. The van der Waals surface area contributed by atoms with Crippen LogP contribution in [-0.2, 0) is 33.2 Å². The van der Waals surface area contributed by atoms with Crippen molar-refractivity contribution in [2.45, 2.75) is 123 Å². The Morgan fingerprint density at radius 1 is 0.311 bits per heavy atom. The average Bonchev–Trinajstić information content (AvgIpc) is 3.03. The van der Waals surface area contributed by atoms with Gasteiger partial charge in [0.05, 0.1) is 26.4 Å². The molecule has 21 nitrogen and oxygen atoms in total. The minimum absolute atomic E-state index is 0.782. The van der Waals surface area contributed by atoms with Gasteiger partial charge in [-0.15, -0.1) is 0 Å². The third-order valence-corrected chi connectivity index (χ3v) is 8.19. The van der Waals surface area contributed by atoms with E-state index in [4.69, 9.17) is 33.2 Å². The molecule has 0 bridgehead atoms. The van der Waals surface area contributed by atoms with Crippen molar-refractivity contribution in [3.8, 4) is 0 Å². The molecule has 4 rings (SSSR count). The normalized spacial score (nSPS) is 52.9. The van der Waals surface area contributed by atoms with Gasteiger partial charge in [-0.2, -0.15) is 0 Å². The van der Waals surface area contributed by atoms with Gasteiger partial charge < -0.3 is 105 Å². The van der Waals surface area contributed by atoms with Crippen LogP contribution in [0.4, 0.5) is 0 Å². The van der Waals surface area contributed by atoms with E-state index in [1.165, 1.54) is 0 Å². The second-order valence-electron chi connectivity index (χ2n) is 11.1. The van der Waals surface area contributed by atoms with Crippen LogP contribution in [0.5, 0.6) is 0 Å². The van der Waals surface area contributed by atoms with Gasteiger partial charge in [0, 0.05) is 0 Å². The fourth-order valence-electron chi connectivity index (χ4n) is 5.47. The van der Waals surface area contributed by atoms with E-state index in [-0.39, 0.29) is 0 Å². The standard InChI is InChI=1S/C24H42O21/c25-1-5-9(29)11(31)15(35)21(39-5)43-19-7(3-27)41-22(17(37)13(19)33)44-20-8(4-28)42-24(18(38)14(20)34)45-23-16(36)12(32)10(30)6(2-26)40-23/h5-38H,1-4H2/t5-,6-,7-,8-,9-,10-,11+,12+,13+,14-,15-,16-,17+,18-,19-,20-,21-,22-,23-,24-/m1/s1. The van der Waals surface area contributed by atoms with Gasteiger partial charge in [-0.25, -0.2) is 0 Å². The fraction of sp³-hybridized carbons (Fsp3) is 1.00. The van der Waals surface area contributed by atoms with Gasteiger partial charge in [-0.3, -0.25) is 0 Å². The van der Waals surface area contributed by atoms with Crippen LogP contribution in [0.1, 0.15) is 0 Å². The lowest BCUT2D eigenvalue weighted by Gasteiger charge is -2.48. The number of hydrogen-bond acceptors (Lipinski definition) is 21. The predicted molar refractivity (Wildman–Crippen MR) is 134 cm³/mol. The van der Waals surface area contributed by atoms with E-state index in [2.05, 4.69) is 0 Å². The molecule has 21 heteroatoms. The maximum absolute atomic E-state index is 10.8. The molecule has 4 saturated heterocycles. The molecule has 0 spiro atoms. The molecule has 20 atom stereocenters. The largest absolute Gasteiger partial charge is 0.394 e. The highest BCUT2D eigenvalue weighted by atomic mass is 16.8. The van der Waals surface area contributed by atoms with Gasteiger partial charge in [0.1, 0.15) is 97.7 Å². The Hall–Kier alpha value is -0.840. The number of aliphatic hydroxyl groups is 14. The summed E-state index contributed by atoms with van der Waals surface area (Å²) in [6.07, 6.45) is -35.3. The molecule has 264 valence electrons. The summed E-state index contributed by atoms with van der Waals surface area (Å²) in [5, 5.41) is 142. The first-order valence-electron chi connectivity index (χ1n) is 14.1. The average molecular weight is 667 g/mol. The topological polar surface area (TPSA) is 348 Å². The van der Waals surface area contributed by atoms with Crippen LogP contribution in [0.15, 0.2) is 0 Å². The summed E-state index contributed by atoms with van der Waals surface area (Å²) in [5.41, 5.74) is 0. The van der Waals surface area contributed by atoms with Gasteiger partial charge in [-0.1, -0.05) is 0 Å². The number of hydrogen-bond donors (Lipinski definition) is 14. The Morgan fingerprint density at radius 2 is 0.578 bits per heavy atom. The van der Waals surface area contributed by atoms with E-state index in [1.54, 1.807) is 0 Å². The highest BCUT2D eigenvalue weighted by Gasteiger charge is 2.54. The lowest BCUT2D eigenvalue weighted by Crippen LogP contribution is -2.67. The molecule has 0 aromatic rings. The lowest BCUT2D eigenvalue weighted by molar-refractivity contribution is -0.397. The zero-order valence-electron chi connectivity index (χ0n) is 23.5. The smallest absolute Gasteiger partial charge is 0.189 e. The zero-order valence-corrected chi connectivity index (χ0v) is 23.5. The summed E-state index contributed by atoms with van der Waals surface area (Å²) >= 11 is 0. The van der Waals surface area contributed by atoms with Crippen molar-refractivity contribution in [2.75, 3.05) is 26.4 Å². The molecule has 0 aromatic heterocycles. The van der Waals surface area contributed by atoms with Crippen molar-refractivity contribution < 1.29 is 105 Å². The third-order valence-electron chi connectivity index (χ3n) is 8.19. The Balaban J connectivity index is 1.42. The van der Waals surface area contributed by atoms with Gasteiger partial charge in [-0.05, 0) is 0 Å². The highest BCUT2D eigenvalue weighted by Crippen LogP contribution is 2.33. The molecule has 0 aromatic carbocycles. The monoisotopic (exact) mass is 666 g/mol. The van der Waals surface area contributed by atoms with Crippen molar-refractivity contribution in [1.82, 2.24) is 0 Å². The van der Waals surface area contributed by atoms with Crippen LogP contribution in [0.2, 0.25) is 0 Å². The van der Waals surface area contributed by atoms with E-state index < -0.39 is 149 Å². The van der Waals surface area contributed by atoms with Gasteiger partial charge in [0.25, 0.3) is 0 Å². The molecule has 0 unspecified atom stereocenters. The predicted octanol–water partition coefficient (Wildman–Crippen LogP) is -9.75. The van der Waals surface area contributed by atoms with Crippen LogP contribution in [0.25, 0.3) is 0 Å². The number of aliphatic hydroxyl groups excluding tert-OH is 14. The minimum atomic E-state index is -2.02. The summed E-state index contributed by atoms with van der Waals surface area (Å²) in [6, 6.07) is 0. The zero-order chi connectivity index (χ0) is 33.3. The molecule has 0 saturated carbocycles. The van der Waals surface area contributed by atoms with Crippen molar-refractivity contribution >= 4 is 0 Å². The van der Waals surface area contributed by atoms with Crippen molar-refractivity contribution in [3.63, 3.8) is 0 Å².